The predicted molar refractivity (Wildman–Crippen MR) is 105 cm³/mol. The predicted octanol–water partition coefficient (Wildman–Crippen LogP) is 5.63. The minimum atomic E-state index is -0.311. The fourth-order valence-electron chi connectivity index (χ4n) is 5.49. The Kier molecular flexibility index (Phi) is 4.64. The van der Waals surface area contributed by atoms with Crippen molar-refractivity contribution in [2.75, 3.05) is 7.11 Å². The summed E-state index contributed by atoms with van der Waals surface area (Å²) in [5, 5.41) is 0.956. The summed E-state index contributed by atoms with van der Waals surface area (Å²) in [5.74, 6) is 3.86. The molecule has 2 aliphatic carbocycles. The topological polar surface area (TPSA) is 39.4 Å². The van der Waals surface area contributed by atoms with Gasteiger partial charge in [-0.25, -0.2) is 4.79 Å². The van der Waals surface area contributed by atoms with Crippen LogP contribution in [0.5, 0.6) is 0 Å². The summed E-state index contributed by atoms with van der Waals surface area (Å²) >= 11 is 0. The van der Waals surface area contributed by atoms with Crippen LogP contribution in [0.15, 0.2) is 45.1 Å². The van der Waals surface area contributed by atoms with Crippen molar-refractivity contribution in [3.63, 3.8) is 0 Å². The van der Waals surface area contributed by atoms with Gasteiger partial charge in [0, 0.05) is 17.0 Å². The molecular weight excluding hydrogens is 324 g/mol. The van der Waals surface area contributed by atoms with Crippen molar-refractivity contribution < 1.29 is 9.15 Å². The van der Waals surface area contributed by atoms with Gasteiger partial charge in [-0.05, 0) is 73.5 Å². The molecule has 0 aliphatic heterocycles. The number of rotatable bonds is 3. The molecule has 1 aromatic heterocycles. The first-order valence-corrected chi connectivity index (χ1v) is 9.92. The normalized spacial score (nSPS) is 30.3. The molecular formula is C23H28O3. The van der Waals surface area contributed by atoms with Gasteiger partial charge in [-0.3, -0.25) is 0 Å². The highest BCUT2D eigenvalue weighted by Gasteiger charge is 2.39. The smallest absolute Gasteiger partial charge is 0.336 e. The van der Waals surface area contributed by atoms with Crippen LogP contribution in [0.3, 0.4) is 0 Å². The Morgan fingerprint density at radius 1 is 1.15 bits per heavy atom. The molecule has 4 rings (SSSR count). The van der Waals surface area contributed by atoms with E-state index < -0.39 is 0 Å². The maximum atomic E-state index is 11.6. The Morgan fingerprint density at radius 3 is 2.77 bits per heavy atom. The second-order valence-corrected chi connectivity index (χ2v) is 8.18. The van der Waals surface area contributed by atoms with E-state index in [1.807, 2.05) is 18.2 Å². The molecule has 2 aliphatic rings. The minimum absolute atomic E-state index is 0.311. The Hall–Kier alpha value is -2.03. The van der Waals surface area contributed by atoms with Crippen LogP contribution in [0, 0.1) is 23.7 Å². The molecule has 0 spiro atoms. The number of fused-ring (bicyclic) bond motifs is 3. The summed E-state index contributed by atoms with van der Waals surface area (Å²) in [7, 11) is 1.78. The molecule has 0 radical (unpaired) electrons. The van der Waals surface area contributed by atoms with E-state index in [0.29, 0.717) is 17.4 Å². The van der Waals surface area contributed by atoms with Crippen molar-refractivity contribution in [2.24, 2.45) is 23.7 Å². The molecule has 2 saturated carbocycles. The molecule has 3 heteroatoms. The third-order valence-corrected chi connectivity index (χ3v) is 6.40. The summed E-state index contributed by atoms with van der Waals surface area (Å²) in [6.07, 6.45) is 6.36. The van der Waals surface area contributed by atoms with E-state index in [1.54, 1.807) is 7.11 Å². The van der Waals surface area contributed by atoms with Crippen molar-refractivity contribution in [3.8, 4) is 0 Å². The zero-order valence-electron chi connectivity index (χ0n) is 16.0. The first-order chi connectivity index (χ1) is 12.6. The molecule has 26 heavy (non-hydrogen) atoms. The number of hydrogen-bond acceptors (Lipinski definition) is 3. The van der Waals surface area contributed by atoms with Crippen LogP contribution >= 0.6 is 0 Å². The molecule has 3 nitrogen and oxygen atoms in total. The van der Waals surface area contributed by atoms with Gasteiger partial charge in [0.25, 0.3) is 0 Å². The number of hydrogen-bond donors (Lipinski definition) is 0. The molecule has 2 aromatic rings. The molecule has 1 heterocycles. The molecule has 138 valence electrons. The van der Waals surface area contributed by atoms with E-state index in [9.17, 15) is 4.79 Å². The second kappa shape index (κ2) is 6.94. The van der Waals surface area contributed by atoms with Gasteiger partial charge < -0.3 is 9.15 Å². The van der Waals surface area contributed by atoms with Gasteiger partial charge in [0.15, 0.2) is 0 Å². The zero-order valence-corrected chi connectivity index (χ0v) is 16.0. The van der Waals surface area contributed by atoms with Gasteiger partial charge in [-0.15, -0.1) is 0 Å². The SMILES string of the molecule is CCC1CC2CC(C)CC(C2)/C1=C(\OC)c1cccc2oc(=O)ccc12. The maximum absolute atomic E-state index is 11.6. The molecule has 2 fully saturated rings. The fourth-order valence-corrected chi connectivity index (χ4v) is 5.49. The van der Waals surface area contributed by atoms with E-state index in [-0.39, 0.29) is 5.63 Å². The van der Waals surface area contributed by atoms with Crippen molar-refractivity contribution in [1.82, 2.24) is 0 Å². The van der Waals surface area contributed by atoms with Crippen LogP contribution in [-0.2, 0) is 4.74 Å². The van der Waals surface area contributed by atoms with Crippen molar-refractivity contribution in [2.45, 2.75) is 46.0 Å². The maximum Gasteiger partial charge on any atom is 0.336 e. The van der Waals surface area contributed by atoms with Gasteiger partial charge in [-0.2, -0.15) is 0 Å². The van der Waals surface area contributed by atoms with E-state index in [1.165, 1.54) is 37.3 Å². The van der Waals surface area contributed by atoms with Gasteiger partial charge in [-0.1, -0.05) is 26.0 Å². The average molecular weight is 352 g/mol. The molecule has 0 saturated heterocycles. The third kappa shape index (κ3) is 2.98. The standard InChI is InChI=1S/C23H28O3/c1-4-16-12-15-10-14(2)11-17(13-15)22(16)23(25-3)19-6-5-7-20-18(19)8-9-21(24)26-20/h5-9,14-17H,4,10-13H2,1-3H3/b23-22-. The summed E-state index contributed by atoms with van der Waals surface area (Å²) < 4.78 is 11.4. The monoisotopic (exact) mass is 352 g/mol. The fraction of sp³-hybridized carbons (Fsp3) is 0.522. The van der Waals surface area contributed by atoms with Gasteiger partial charge in [0.1, 0.15) is 11.3 Å². The summed E-state index contributed by atoms with van der Waals surface area (Å²) in [6.45, 7) is 4.69. The molecule has 0 amide bonds. The Balaban J connectivity index is 1.91. The lowest BCUT2D eigenvalue weighted by Crippen LogP contribution is -2.33. The second-order valence-electron chi connectivity index (χ2n) is 8.18. The first kappa shape index (κ1) is 17.4. The molecule has 4 atom stereocenters. The van der Waals surface area contributed by atoms with Crippen molar-refractivity contribution in [3.05, 3.63) is 51.9 Å². The molecule has 0 N–H and O–H groups in total. The van der Waals surface area contributed by atoms with E-state index >= 15 is 0 Å². The summed E-state index contributed by atoms with van der Waals surface area (Å²) in [4.78, 5) is 11.6. The lowest BCUT2D eigenvalue weighted by Gasteiger charge is -2.44. The molecule has 4 unspecified atom stereocenters. The third-order valence-electron chi connectivity index (χ3n) is 6.40. The van der Waals surface area contributed by atoms with Gasteiger partial charge in [0.05, 0.1) is 7.11 Å². The van der Waals surface area contributed by atoms with E-state index in [0.717, 1.165) is 35.0 Å². The largest absolute Gasteiger partial charge is 0.496 e. The highest BCUT2D eigenvalue weighted by atomic mass is 16.5. The highest BCUT2D eigenvalue weighted by molar-refractivity contribution is 5.89. The van der Waals surface area contributed by atoms with Gasteiger partial charge >= 0.3 is 5.63 Å². The highest BCUT2D eigenvalue weighted by Crippen LogP contribution is 2.51. The minimum Gasteiger partial charge on any atom is -0.496 e. The lowest BCUT2D eigenvalue weighted by molar-refractivity contribution is 0.151. The quantitative estimate of drug-likeness (QED) is 0.530. The Morgan fingerprint density at radius 2 is 2.00 bits per heavy atom. The van der Waals surface area contributed by atoms with Crippen LogP contribution < -0.4 is 5.63 Å². The molecule has 1 aromatic carbocycles. The van der Waals surface area contributed by atoms with Crippen LogP contribution in [0.1, 0.15) is 51.5 Å². The van der Waals surface area contributed by atoms with Crippen LogP contribution in [0.25, 0.3) is 16.7 Å². The van der Waals surface area contributed by atoms with Crippen molar-refractivity contribution >= 4 is 16.7 Å². The lowest BCUT2D eigenvalue weighted by atomic mass is 9.61. The summed E-state index contributed by atoms with van der Waals surface area (Å²) in [6, 6.07) is 9.28. The average Bonchev–Trinajstić information content (AvgIpc) is 2.63. The summed E-state index contributed by atoms with van der Waals surface area (Å²) in [5.41, 5.74) is 2.87. The Bertz CT molecular complexity index is 890. The zero-order chi connectivity index (χ0) is 18.3. The number of ether oxygens (including phenoxy) is 1. The molecule has 2 bridgehead atoms. The Labute approximate surface area is 155 Å². The van der Waals surface area contributed by atoms with E-state index in [4.69, 9.17) is 9.15 Å². The number of benzene rings is 1. The van der Waals surface area contributed by atoms with Crippen LogP contribution in [-0.4, -0.2) is 7.11 Å². The number of methoxy groups -OCH3 is 1. The van der Waals surface area contributed by atoms with Gasteiger partial charge in [0.2, 0.25) is 0 Å². The van der Waals surface area contributed by atoms with Crippen LogP contribution in [0.2, 0.25) is 0 Å². The number of allylic oxidation sites excluding steroid dienone is 1. The first-order valence-electron chi connectivity index (χ1n) is 9.92. The van der Waals surface area contributed by atoms with Crippen molar-refractivity contribution in [1.29, 1.82) is 0 Å². The van der Waals surface area contributed by atoms with Crippen LogP contribution in [0.4, 0.5) is 0 Å². The van der Waals surface area contributed by atoms with E-state index in [2.05, 4.69) is 19.9 Å².